The van der Waals surface area contributed by atoms with E-state index in [1.807, 2.05) is 6.92 Å². The first-order chi connectivity index (χ1) is 13.9. The predicted octanol–water partition coefficient (Wildman–Crippen LogP) is 3.43. The lowest BCUT2D eigenvalue weighted by Crippen LogP contribution is -2.51. The van der Waals surface area contributed by atoms with Crippen molar-refractivity contribution in [2.45, 2.75) is 44.6 Å². The second-order valence-corrected chi connectivity index (χ2v) is 7.33. The fraction of sp³-hybridized carbons (Fsp3) is 0.476. The van der Waals surface area contributed by atoms with Gasteiger partial charge in [0.2, 0.25) is 11.8 Å². The van der Waals surface area contributed by atoms with E-state index in [1.54, 1.807) is 0 Å². The molecule has 0 radical (unpaired) electrons. The van der Waals surface area contributed by atoms with E-state index in [0.717, 1.165) is 12.1 Å². The number of benzene rings is 1. The van der Waals surface area contributed by atoms with Crippen LogP contribution in [0.1, 0.15) is 37.8 Å². The Kier molecular flexibility index (Phi) is 6.74. The molecular weight excluding hydrogens is 401 g/mol. The Bertz CT molecular complexity index is 889. The Morgan fingerprint density at radius 1 is 1.37 bits per heavy atom. The molecule has 6 nitrogen and oxygen atoms in total. The Balaban J connectivity index is 2.57. The average Bonchev–Trinajstić information content (AvgIpc) is 2.94. The van der Waals surface area contributed by atoms with Gasteiger partial charge in [0.05, 0.1) is 40.8 Å². The highest BCUT2D eigenvalue weighted by Gasteiger charge is 2.57. The van der Waals surface area contributed by atoms with Crippen LogP contribution in [-0.2, 0) is 20.5 Å². The summed E-state index contributed by atoms with van der Waals surface area (Å²) in [6, 6.07) is 4.04. The minimum atomic E-state index is -4.85. The van der Waals surface area contributed by atoms with Crippen molar-refractivity contribution >= 4 is 17.5 Å². The van der Waals surface area contributed by atoms with E-state index in [1.165, 1.54) is 26.2 Å². The number of hydrogen-bond acceptors (Lipinski definition) is 5. The number of nitriles is 1. The standard InChI is InChI=1S/C21H23F3N2O4/c1-5-7-16(30-4)20(3,29)17-14(6-2)18(27)26(19(17)28)13-9-8-12(11-25)15(10-13)21(22,23)24/h6,8-10,14,16-17,29H,2,5,7H2,1,3-4H3/t14-,16+,17+,20?/m1/s1. The molecule has 0 spiro atoms. The van der Waals surface area contributed by atoms with Crippen LogP contribution in [0.15, 0.2) is 30.9 Å². The van der Waals surface area contributed by atoms with Crippen molar-refractivity contribution in [3.8, 4) is 6.07 Å². The Hall–Kier alpha value is -2.70. The third kappa shape index (κ3) is 3.98. The molecule has 1 heterocycles. The van der Waals surface area contributed by atoms with Crippen molar-refractivity contribution in [3.63, 3.8) is 0 Å². The number of amides is 2. The van der Waals surface area contributed by atoms with Gasteiger partial charge in [-0.2, -0.15) is 18.4 Å². The number of alkyl halides is 3. The number of rotatable bonds is 7. The van der Waals surface area contributed by atoms with Gasteiger partial charge in [0, 0.05) is 7.11 Å². The SMILES string of the molecule is C=C[C@H]1C(=O)N(c2ccc(C#N)c(C(F)(F)F)c2)C(=O)[C@H]1C(C)(O)[C@H](CCC)OC. The zero-order valence-corrected chi connectivity index (χ0v) is 16.9. The number of imide groups is 1. The zero-order chi connectivity index (χ0) is 22.9. The minimum absolute atomic E-state index is 0.328. The van der Waals surface area contributed by atoms with Gasteiger partial charge in [0.1, 0.15) is 5.60 Å². The van der Waals surface area contributed by atoms with Gasteiger partial charge >= 0.3 is 6.18 Å². The maximum Gasteiger partial charge on any atom is 0.417 e. The van der Waals surface area contributed by atoms with Crippen molar-refractivity contribution < 1.29 is 32.6 Å². The first-order valence-corrected chi connectivity index (χ1v) is 9.32. The second kappa shape index (κ2) is 8.58. The first kappa shape index (κ1) is 23.6. The Labute approximate surface area is 172 Å². The molecule has 0 aromatic heterocycles. The van der Waals surface area contributed by atoms with Gasteiger partial charge in [0.15, 0.2) is 0 Å². The molecule has 1 unspecified atom stereocenters. The lowest BCUT2D eigenvalue weighted by atomic mass is 9.76. The van der Waals surface area contributed by atoms with Crippen LogP contribution in [0.4, 0.5) is 18.9 Å². The number of ether oxygens (including phenoxy) is 1. The number of aliphatic hydroxyl groups is 1. The lowest BCUT2D eigenvalue weighted by molar-refractivity contribution is -0.148. The summed E-state index contributed by atoms with van der Waals surface area (Å²) in [4.78, 5) is 26.7. The summed E-state index contributed by atoms with van der Waals surface area (Å²) >= 11 is 0. The molecule has 9 heteroatoms. The third-order valence-electron chi connectivity index (χ3n) is 5.41. The van der Waals surface area contributed by atoms with E-state index in [9.17, 15) is 27.9 Å². The summed E-state index contributed by atoms with van der Waals surface area (Å²) in [5.74, 6) is -4.09. The number of methoxy groups -OCH3 is 1. The van der Waals surface area contributed by atoms with Crippen LogP contribution < -0.4 is 4.90 Å². The average molecular weight is 424 g/mol. The summed E-state index contributed by atoms with van der Waals surface area (Å²) in [6.07, 6.45) is -3.39. The number of carbonyl (C=O) groups is 2. The van der Waals surface area contributed by atoms with E-state index >= 15 is 0 Å². The predicted molar refractivity (Wildman–Crippen MR) is 102 cm³/mol. The molecule has 30 heavy (non-hydrogen) atoms. The molecule has 0 bridgehead atoms. The Morgan fingerprint density at radius 3 is 2.47 bits per heavy atom. The number of nitrogens with zero attached hydrogens (tertiary/aromatic N) is 2. The van der Waals surface area contributed by atoms with E-state index in [4.69, 9.17) is 10.00 Å². The fourth-order valence-electron chi connectivity index (χ4n) is 3.91. The normalized spacial score (nSPS) is 22.5. The highest BCUT2D eigenvalue weighted by Crippen LogP contribution is 2.42. The highest BCUT2D eigenvalue weighted by molar-refractivity contribution is 6.23. The van der Waals surface area contributed by atoms with Crippen molar-refractivity contribution in [2.24, 2.45) is 11.8 Å². The number of anilines is 1. The van der Waals surface area contributed by atoms with Crippen LogP contribution in [0.25, 0.3) is 0 Å². The smallest absolute Gasteiger partial charge is 0.387 e. The molecule has 1 aromatic carbocycles. The van der Waals surface area contributed by atoms with Gasteiger partial charge < -0.3 is 9.84 Å². The van der Waals surface area contributed by atoms with Gasteiger partial charge in [0.25, 0.3) is 0 Å². The largest absolute Gasteiger partial charge is 0.417 e. The quantitative estimate of drug-likeness (QED) is 0.535. The molecule has 1 aromatic rings. The number of hydrogen-bond donors (Lipinski definition) is 1. The zero-order valence-electron chi connectivity index (χ0n) is 16.9. The van der Waals surface area contributed by atoms with Crippen LogP contribution in [-0.4, -0.2) is 35.7 Å². The van der Waals surface area contributed by atoms with Crippen molar-refractivity contribution in [2.75, 3.05) is 12.0 Å². The van der Waals surface area contributed by atoms with Crippen molar-refractivity contribution in [1.82, 2.24) is 0 Å². The molecule has 162 valence electrons. The van der Waals surface area contributed by atoms with Crippen molar-refractivity contribution in [3.05, 3.63) is 42.0 Å². The van der Waals surface area contributed by atoms with E-state index in [0.29, 0.717) is 23.8 Å². The summed E-state index contributed by atoms with van der Waals surface area (Å²) < 4.78 is 45.3. The van der Waals surface area contributed by atoms with Gasteiger partial charge in [-0.3, -0.25) is 9.59 Å². The molecular formula is C21H23F3N2O4. The molecule has 1 saturated heterocycles. The summed E-state index contributed by atoms with van der Waals surface area (Å²) in [5, 5.41) is 20.1. The van der Waals surface area contributed by atoms with Crippen LogP contribution in [0.5, 0.6) is 0 Å². The molecule has 2 amide bonds. The van der Waals surface area contributed by atoms with Crippen LogP contribution in [0.3, 0.4) is 0 Å². The number of carbonyl (C=O) groups excluding carboxylic acids is 2. The summed E-state index contributed by atoms with van der Waals surface area (Å²) in [7, 11) is 1.37. The molecule has 0 aliphatic carbocycles. The van der Waals surface area contributed by atoms with Gasteiger partial charge in [-0.15, -0.1) is 6.58 Å². The van der Waals surface area contributed by atoms with Gasteiger partial charge in [-0.25, -0.2) is 4.90 Å². The maximum atomic E-state index is 13.3. The topological polar surface area (TPSA) is 90.6 Å². The summed E-state index contributed by atoms with van der Waals surface area (Å²) in [5.41, 5.74) is -3.98. The van der Waals surface area contributed by atoms with Gasteiger partial charge in [-0.05, 0) is 31.5 Å². The van der Waals surface area contributed by atoms with Crippen LogP contribution in [0.2, 0.25) is 0 Å². The van der Waals surface area contributed by atoms with E-state index < -0.39 is 52.7 Å². The van der Waals surface area contributed by atoms with Crippen LogP contribution >= 0.6 is 0 Å². The van der Waals surface area contributed by atoms with Gasteiger partial charge in [-0.1, -0.05) is 19.4 Å². The monoisotopic (exact) mass is 424 g/mol. The molecule has 0 saturated carbocycles. The van der Waals surface area contributed by atoms with E-state index in [-0.39, 0.29) is 5.69 Å². The molecule has 1 N–H and O–H groups in total. The molecule has 1 fully saturated rings. The summed E-state index contributed by atoms with van der Waals surface area (Å²) in [6.45, 7) is 6.79. The molecule has 1 aliphatic rings. The first-order valence-electron chi connectivity index (χ1n) is 9.32. The lowest BCUT2D eigenvalue weighted by Gasteiger charge is -2.37. The highest BCUT2D eigenvalue weighted by atomic mass is 19.4. The third-order valence-corrected chi connectivity index (χ3v) is 5.41. The maximum absolute atomic E-state index is 13.3. The molecule has 4 atom stereocenters. The molecule has 1 aliphatic heterocycles. The minimum Gasteiger partial charge on any atom is -0.387 e. The molecule has 2 rings (SSSR count). The van der Waals surface area contributed by atoms with E-state index in [2.05, 4.69) is 6.58 Å². The van der Waals surface area contributed by atoms with Crippen LogP contribution in [0, 0.1) is 23.2 Å². The second-order valence-electron chi connectivity index (χ2n) is 7.33. The van der Waals surface area contributed by atoms with Crippen molar-refractivity contribution in [1.29, 1.82) is 5.26 Å². The number of halogens is 3. The Morgan fingerprint density at radius 2 is 2.00 bits per heavy atom. The fourth-order valence-corrected chi connectivity index (χ4v) is 3.91.